The summed E-state index contributed by atoms with van der Waals surface area (Å²) in [5.41, 5.74) is -0.156. The van der Waals surface area contributed by atoms with Gasteiger partial charge in [0.05, 0.1) is 11.5 Å². The molecule has 1 aliphatic heterocycles. The summed E-state index contributed by atoms with van der Waals surface area (Å²) in [5, 5.41) is 0. The van der Waals surface area contributed by atoms with Crippen LogP contribution in [0.1, 0.15) is 39.7 Å². The van der Waals surface area contributed by atoms with Crippen LogP contribution >= 0.6 is 0 Å². The lowest BCUT2D eigenvalue weighted by atomic mass is 9.88. The van der Waals surface area contributed by atoms with Gasteiger partial charge in [0, 0.05) is 6.42 Å². The molecule has 1 saturated heterocycles. The first-order valence-electron chi connectivity index (χ1n) is 8.42. The van der Waals surface area contributed by atoms with E-state index in [0.29, 0.717) is 0 Å². The molecule has 1 aromatic carbocycles. The van der Waals surface area contributed by atoms with Gasteiger partial charge in [0.1, 0.15) is 13.2 Å². The first-order chi connectivity index (χ1) is 11.7. The van der Waals surface area contributed by atoms with Crippen LogP contribution in [0.15, 0.2) is 30.3 Å². The largest absolute Gasteiger partial charge is 0.460 e. The van der Waals surface area contributed by atoms with Crippen LogP contribution in [0, 0.1) is 11.3 Å². The summed E-state index contributed by atoms with van der Waals surface area (Å²) < 4.78 is 10.3. The Bertz CT molecular complexity index is 638. The molecule has 0 N–H and O–H groups in total. The van der Waals surface area contributed by atoms with Crippen LogP contribution in [0.3, 0.4) is 0 Å². The van der Waals surface area contributed by atoms with Crippen molar-refractivity contribution in [1.29, 1.82) is 0 Å². The van der Waals surface area contributed by atoms with Crippen LogP contribution in [-0.2, 0) is 25.7 Å². The fraction of sp³-hybridized carbons (Fsp3) is 0.526. The highest BCUT2D eigenvalue weighted by Crippen LogP contribution is 2.28. The van der Waals surface area contributed by atoms with Crippen molar-refractivity contribution in [3.63, 3.8) is 0 Å². The summed E-state index contributed by atoms with van der Waals surface area (Å²) in [6.45, 7) is 7.48. The zero-order valence-corrected chi connectivity index (χ0v) is 15.2. The molecule has 0 bridgehead atoms. The molecule has 1 heterocycles. The Morgan fingerprint density at radius 3 is 2.52 bits per heavy atom. The third-order valence-electron chi connectivity index (χ3n) is 4.30. The first-order valence-corrected chi connectivity index (χ1v) is 8.42. The number of benzene rings is 1. The molecule has 2 amide bonds. The summed E-state index contributed by atoms with van der Waals surface area (Å²) in [6.07, 6.45) is -0.754. The van der Waals surface area contributed by atoms with E-state index in [-0.39, 0.29) is 31.6 Å². The average molecular weight is 347 g/mol. The second-order valence-electron chi connectivity index (χ2n) is 7.27. The Balaban J connectivity index is 1.98. The van der Waals surface area contributed by atoms with Crippen molar-refractivity contribution in [1.82, 2.24) is 4.90 Å². The van der Waals surface area contributed by atoms with E-state index in [1.807, 2.05) is 44.2 Å². The maximum Gasteiger partial charge on any atom is 0.416 e. The summed E-state index contributed by atoms with van der Waals surface area (Å²) >= 11 is 0. The first kappa shape index (κ1) is 19.0. The normalized spacial score (nSPS) is 17.6. The molecule has 0 radical (unpaired) electrons. The van der Waals surface area contributed by atoms with E-state index >= 15 is 0 Å². The number of rotatable bonds is 6. The van der Waals surface area contributed by atoms with E-state index in [1.54, 1.807) is 13.8 Å². The molecule has 1 aromatic rings. The molecule has 6 heteroatoms. The van der Waals surface area contributed by atoms with Crippen molar-refractivity contribution in [3.05, 3.63) is 35.9 Å². The van der Waals surface area contributed by atoms with Crippen LogP contribution in [0.5, 0.6) is 0 Å². The van der Waals surface area contributed by atoms with E-state index in [2.05, 4.69) is 0 Å². The average Bonchev–Trinajstić information content (AvgIpc) is 2.95. The molecule has 1 fully saturated rings. The Morgan fingerprint density at radius 1 is 1.28 bits per heavy atom. The number of hydrogen-bond acceptors (Lipinski definition) is 5. The molecule has 6 nitrogen and oxygen atoms in total. The van der Waals surface area contributed by atoms with E-state index in [4.69, 9.17) is 9.47 Å². The fourth-order valence-electron chi connectivity index (χ4n) is 2.67. The fourth-order valence-corrected chi connectivity index (χ4v) is 2.67. The van der Waals surface area contributed by atoms with E-state index in [1.165, 1.54) is 0 Å². The van der Waals surface area contributed by atoms with Gasteiger partial charge < -0.3 is 9.47 Å². The summed E-state index contributed by atoms with van der Waals surface area (Å²) in [5.74, 6) is -0.801. The van der Waals surface area contributed by atoms with Crippen molar-refractivity contribution in [2.45, 2.75) is 46.8 Å². The minimum atomic E-state index is -1.03. The van der Waals surface area contributed by atoms with Gasteiger partial charge in [0.2, 0.25) is 5.91 Å². The number of nitrogens with zero attached hydrogens (tertiary/aromatic N) is 1. The van der Waals surface area contributed by atoms with E-state index < -0.39 is 23.4 Å². The van der Waals surface area contributed by atoms with Crippen LogP contribution in [0.4, 0.5) is 4.79 Å². The molecular weight excluding hydrogens is 322 g/mol. The Morgan fingerprint density at radius 2 is 1.92 bits per heavy atom. The second kappa shape index (κ2) is 7.68. The lowest BCUT2D eigenvalue weighted by molar-refractivity contribution is -0.158. The van der Waals surface area contributed by atoms with Gasteiger partial charge in [-0.25, -0.2) is 9.69 Å². The molecule has 25 heavy (non-hydrogen) atoms. The molecule has 0 aromatic heterocycles. The van der Waals surface area contributed by atoms with Gasteiger partial charge in [-0.15, -0.1) is 0 Å². The molecule has 136 valence electrons. The van der Waals surface area contributed by atoms with Crippen LogP contribution < -0.4 is 0 Å². The highest BCUT2D eigenvalue weighted by atomic mass is 16.6. The third-order valence-corrected chi connectivity index (χ3v) is 4.30. The number of imide groups is 1. The quantitative estimate of drug-likeness (QED) is 0.739. The van der Waals surface area contributed by atoms with E-state index in [0.717, 1.165) is 10.5 Å². The summed E-state index contributed by atoms with van der Waals surface area (Å²) in [6, 6.07) is 9.04. The van der Waals surface area contributed by atoms with Crippen molar-refractivity contribution < 1.29 is 23.9 Å². The number of carbonyl (C=O) groups is 3. The zero-order chi connectivity index (χ0) is 18.6. The molecule has 1 aliphatic rings. The second-order valence-corrected chi connectivity index (χ2v) is 7.27. The predicted octanol–water partition coefficient (Wildman–Crippen LogP) is 3.15. The SMILES string of the molecule is CC(C)[C@H]1COC(=O)N1C(=O)CC(C)(C)C(=O)OCc1ccccc1. The van der Waals surface area contributed by atoms with Gasteiger partial charge in [0.25, 0.3) is 0 Å². The number of amides is 2. The van der Waals surface area contributed by atoms with E-state index in [9.17, 15) is 14.4 Å². The standard InChI is InChI=1S/C19H25NO5/c1-13(2)15-12-25-18(23)20(15)16(21)10-19(3,4)17(22)24-11-14-8-6-5-7-9-14/h5-9,13,15H,10-12H2,1-4H3/t15-/m1/s1. The lowest BCUT2D eigenvalue weighted by Crippen LogP contribution is -2.44. The maximum atomic E-state index is 12.6. The van der Waals surface area contributed by atoms with Gasteiger partial charge in [-0.3, -0.25) is 9.59 Å². The van der Waals surface area contributed by atoms with Crippen molar-refractivity contribution in [3.8, 4) is 0 Å². The number of ether oxygens (including phenoxy) is 2. The highest BCUT2D eigenvalue weighted by Gasteiger charge is 2.43. The molecular formula is C19H25NO5. The summed E-state index contributed by atoms with van der Waals surface area (Å²) in [4.78, 5) is 38.0. The Kier molecular flexibility index (Phi) is 5.82. The number of hydrogen-bond donors (Lipinski definition) is 0. The number of esters is 1. The van der Waals surface area contributed by atoms with Crippen LogP contribution in [0.25, 0.3) is 0 Å². The topological polar surface area (TPSA) is 72.9 Å². The highest BCUT2D eigenvalue weighted by molar-refractivity contribution is 5.96. The minimum absolute atomic E-state index is 0.0866. The van der Waals surface area contributed by atoms with Crippen molar-refractivity contribution in [2.24, 2.45) is 11.3 Å². The van der Waals surface area contributed by atoms with Crippen molar-refractivity contribution >= 4 is 18.0 Å². The third kappa shape index (κ3) is 4.59. The van der Waals surface area contributed by atoms with Gasteiger partial charge in [-0.1, -0.05) is 44.2 Å². The minimum Gasteiger partial charge on any atom is -0.460 e. The van der Waals surface area contributed by atoms with Crippen LogP contribution in [-0.4, -0.2) is 35.5 Å². The smallest absolute Gasteiger partial charge is 0.416 e. The molecule has 0 unspecified atom stereocenters. The predicted molar refractivity (Wildman–Crippen MR) is 91.5 cm³/mol. The number of carbonyl (C=O) groups excluding carboxylic acids is 3. The monoisotopic (exact) mass is 347 g/mol. The number of cyclic esters (lactones) is 1. The Labute approximate surface area is 148 Å². The zero-order valence-electron chi connectivity index (χ0n) is 15.2. The Hall–Kier alpha value is -2.37. The maximum absolute atomic E-state index is 12.6. The summed E-state index contributed by atoms with van der Waals surface area (Å²) in [7, 11) is 0. The van der Waals surface area contributed by atoms with Crippen molar-refractivity contribution in [2.75, 3.05) is 6.61 Å². The molecule has 1 atom stereocenters. The molecule has 0 saturated carbocycles. The lowest BCUT2D eigenvalue weighted by Gasteiger charge is -2.27. The molecule has 0 aliphatic carbocycles. The van der Waals surface area contributed by atoms with Gasteiger partial charge in [0.15, 0.2) is 0 Å². The van der Waals surface area contributed by atoms with Gasteiger partial charge >= 0.3 is 12.1 Å². The molecule has 0 spiro atoms. The van der Waals surface area contributed by atoms with Gasteiger partial charge in [-0.05, 0) is 25.3 Å². The van der Waals surface area contributed by atoms with Crippen LogP contribution in [0.2, 0.25) is 0 Å². The molecule has 2 rings (SSSR count). The van der Waals surface area contributed by atoms with Gasteiger partial charge in [-0.2, -0.15) is 0 Å².